The maximum absolute atomic E-state index is 12.4. The van der Waals surface area contributed by atoms with Gasteiger partial charge in [-0.25, -0.2) is 9.97 Å². The summed E-state index contributed by atoms with van der Waals surface area (Å²) >= 11 is 13.6. The highest BCUT2D eigenvalue weighted by atomic mass is 35.5. The molecular formula is C33H34Cl2N8O3. The number of halogens is 2. The molecule has 238 valence electrons. The van der Waals surface area contributed by atoms with E-state index in [2.05, 4.69) is 38.9 Å². The van der Waals surface area contributed by atoms with E-state index < -0.39 is 0 Å². The smallest absolute Gasteiger partial charge is 0.247 e. The Labute approximate surface area is 276 Å². The second-order valence-corrected chi connectivity index (χ2v) is 11.6. The van der Waals surface area contributed by atoms with Crippen molar-refractivity contribution in [3.05, 3.63) is 71.1 Å². The number of benzene rings is 2. The highest BCUT2D eigenvalue weighted by molar-refractivity contribution is 6.41. The number of fused-ring (bicyclic) bond motifs is 3. The lowest BCUT2D eigenvalue weighted by Crippen LogP contribution is -2.46. The van der Waals surface area contributed by atoms with Gasteiger partial charge >= 0.3 is 0 Å². The molecule has 0 unspecified atom stereocenters. The molecule has 13 heteroatoms. The van der Waals surface area contributed by atoms with E-state index in [0.717, 1.165) is 49.5 Å². The van der Waals surface area contributed by atoms with Gasteiger partial charge in [0, 0.05) is 66.8 Å². The van der Waals surface area contributed by atoms with Crippen LogP contribution in [-0.4, -0.2) is 77.1 Å². The lowest BCUT2D eigenvalue weighted by molar-refractivity contribution is -0.111. The molecule has 0 saturated carbocycles. The van der Waals surface area contributed by atoms with E-state index in [-0.39, 0.29) is 5.91 Å². The van der Waals surface area contributed by atoms with Crippen molar-refractivity contribution in [3.8, 4) is 22.6 Å². The number of aromatic nitrogens is 4. The fourth-order valence-electron chi connectivity index (χ4n) is 5.68. The zero-order valence-corrected chi connectivity index (χ0v) is 27.5. The van der Waals surface area contributed by atoms with E-state index in [1.54, 1.807) is 12.3 Å². The number of pyridine rings is 1. The van der Waals surface area contributed by atoms with Gasteiger partial charge < -0.3 is 29.9 Å². The van der Waals surface area contributed by atoms with Crippen LogP contribution in [0.5, 0.6) is 11.5 Å². The van der Waals surface area contributed by atoms with Gasteiger partial charge in [0.1, 0.15) is 17.1 Å². The van der Waals surface area contributed by atoms with Crippen molar-refractivity contribution in [2.45, 2.75) is 13.8 Å². The third-order valence-corrected chi connectivity index (χ3v) is 8.86. The molecule has 4 heterocycles. The Bertz CT molecular complexity index is 1940. The fourth-order valence-corrected chi connectivity index (χ4v) is 6.38. The standard InChI is InChI=1S/C33H34Cl2N8O3/c1-6-27(44)38-24-15-21(42-12-10-41(7-2)11-13-42)8-9-23(24)39-33-36-17-20-14-22(32-37-19(3)18-43(32)31(20)40-33)28-29(34)25(45-4)16-26(46-5)30(28)35/h6,8-9,14-18H,1,7,10-13H2,2-5H3,(H,38,44)(H,36,39,40). The third kappa shape index (κ3) is 5.89. The summed E-state index contributed by atoms with van der Waals surface area (Å²) in [6.07, 6.45) is 4.85. The quantitative estimate of drug-likeness (QED) is 0.169. The van der Waals surface area contributed by atoms with Crippen molar-refractivity contribution in [2.75, 3.05) is 62.5 Å². The molecule has 0 atom stereocenters. The molecule has 5 aromatic rings. The van der Waals surface area contributed by atoms with Crippen LogP contribution < -0.4 is 25.0 Å². The minimum absolute atomic E-state index is 0.315. The molecule has 6 rings (SSSR count). The predicted octanol–water partition coefficient (Wildman–Crippen LogP) is 6.59. The average Bonchev–Trinajstić information content (AvgIpc) is 3.47. The molecule has 1 aliphatic heterocycles. The number of likely N-dealkylation sites (N-methyl/N-ethyl adjacent to an activating group) is 1. The third-order valence-electron chi connectivity index (χ3n) is 8.11. The van der Waals surface area contributed by atoms with Crippen LogP contribution in [-0.2, 0) is 4.79 Å². The first-order chi connectivity index (χ1) is 22.2. The van der Waals surface area contributed by atoms with E-state index in [9.17, 15) is 4.79 Å². The fraction of sp³-hybridized carbons (Fsp3) is 0.273. The molecular weight excluding hydrogens is 627 g/mol. The number of carbonyl (C=O) groups is 1. The molecule has 1 fully saturated rings. The molecule has 0 spiro atoms. The molecule has 1 saturated heterocycles. The van der Waals surface area contributed by atoms with E-state index >= 15 is 0 Å². The van der Waals surface area contributed by atoms with Crippen molar-refractivity contribution >= 4 is 68.8 Å². The minimum atomic E-state index is -0.315. The van der Waals surface area contributed by atoms with Crippen molar-refractivity contribution in [2.24, 2.45) is 0 Å². The molecule has 2 aromatic carbocycles. The highest BCUT2D eigenvalue weighted by Crippen LogP contribution is 2.47. The zero-order chi connectivity index (χ0) is 32.5. The Kier molecular flexibility index (Phi) is 8.90. The van der Waals surface area contributed by atoms with Crippen molar-refractivity contribution < 1.29 is 14.3 Å². The summed E-state index contributed by atoms with van der Waals surface area (Å²) < 4.78 is 12.9. The second-order valence-electron chi connectivity index (χ2n) is 10.9. The molecule has 11 nitrogen and oxygen atoms in total. The highest BCUT2D eigenvalue weighted by Gasteiger charge is 2.23. The molecule has 0 aliphatic carbocycles. The zero-order valence-electron chi connectivity index (χ0n) is 26.0. The van der Waals surface area contributed by atoms with E-state index in [0.29, 0.717) is 61.3 Å². The maximum Gasteiger partial charge on any atom is 0.247 e. The molecule has 3 aromatic heterocycles. The van der Waals surface area contributed by atoms with Gasteiger partial charge in [-0.15, -0.1) is 0 Å². The van der Waals surface area contributed by atoms with Gasteiger partial charge in [0.25, 0.3) is 0 Å². The lowest BCUT2D eigenvalue weighted by atomic mass is 10.0. The Balaban J connectivity index is 1.41. The lowest BCUT2D eigenvalue weighted by Gasteiger charge is -2.35. The number of rotatable bonds is 9. The van der Waals surface area contributed by atoms with Crippen LogP contribution in [0.15, 0.2) is 55.4 Å². The molecule has 1 aliphatic rings. The number of ether oxygens (including phenoxy) is 2. The normalized spacial score (nSPS) is 13.7. The molecule has 0 radical (unpaired) electrons. The van der Waals surface area contributed by atoms with Crippen molar-refractivity contribution in [1.82, 2.24) is 24.3 Å². The summed E-state index contributed by atoms with van der Waals surface area (Å²) in [7, 11) is 3.07. The number of anilines is 4. The Hall–Kier alpha value is -4.58. The SMILES string of the molecule is C=CC(=O)Nc1cc(N2CCN(CC)CC2)ccc1Nc1ncc2cc(-c3c(Cl)c(OC)cc(OC)c3Cl)c3nc(C)cn3c2n1. The van der Waals surface area contributed by atoms with Gasteiger partial charge in [0.05, 0.1) is 41.3 Å². The van der Waals surface area contributed by atoms with Gasteiger partial charge in [-0.2, -0.15) is 4.98 Å². The van der Waals surface area contributed by atoms with Crippen molar-refractivity contribution in [1.29, 1.82) is 0 Å². The van der Waals surface area contributed by atoms with Crippen molar-refractivity contribution in [3.63, 3.8) is 0 Å². The number of aryl methyl sites for hydroxylation is 1. The Morgan fingerprint density at radius 3 is 2.37 bits per heavy atom. The molecule has 1 amide bonds. The number of amides is 1. The van der Waals surface area contributed by atoms with Crippen LogP contribution in [0.2, 0.25) is 10.0 Å². The van der Waals surface area contributed by atoms with Crippen LogP contribution >= 0.6 is 23.2 Å². The number of nitrogens with one attached hydrogen (secondary N) is 2. The number of carbonyl (C=O) groups excluding carboxylic acids is 1. The summed E-state index contributed by atoms with van der Waals surface area (Å²) in [5, 5.41) is 7.62. The maximum atomic E-state index is 12.4. The monoisotopic (exact) mass is 660 g/mol. The average molecular weight is 662 g/mol. The molecule has 0 bridgehead atoms. The van der Waals surface area contributed by atoms with Crippen LogP contribution in [0.25, 0.3) is 27.8 Å². The predicted molar refractivity (Wildman–Crippen MR) is 184 cm³/mol. The van der Waals surface area contributed by atoms with Crippen LogP contribution in [0.3, 0.4) is 0 Å². The first kappa shape index (κ1) is 31.4. The summed E-state index contributed by atoms with van der Waals surface area (Å²) in [5.41, 5.74) is 5.44. The minimum Gasteiger partial charge on any atom is -0.495 e. The van der Waals surface area contributed by atoms with Crippen LogP contribution in [0, 0.1) is 6.92 Å². The first-order valence-corrected chi connectivity index (χ1v) is 15.6. The van der Waals surface area contributed by atoms with Gasteiger partial charge in [-0.05, 0) is 43.8 Å². The molecule has 46 heavy (non-hydrogen) atoms. The number of hydrogen-bond donors (Lipinski definition) is 2. The Morgan fingerprint density at radius 2 is 1.72 bits per heavy atom. The number of piperazine rings is 1. The van der Waals surface area contributed by atoms with Gasteiger partial charge in [0.15, 0.2) is 5.65 Å². The van der Waals surface area contributed by atoms with Crippen LogP contribution in [0.4, 0.5) is 23.0 Å². The van der Waals surface area contributed by atoms with Gasteiger partial charge in [-0.1, -0.05) is 36.7 Å². The summed E-state index contributed by atoms with van der Waals surface area (Å²) in [4.78, 5) is 31.4. The first-order valence-electron chi connectivity index (χ1n) is 14.8. The second kappa shape index (κ2) is 13.0. The number of imidazole rings is 1. The van der Waals surface area contributed by atoms with E-state index in [1.807, 2.05) is 41.8 Å². The summed E-state index contributed by atoms with van der Waals surface area (Å²) in [6.45, 7) is 12.5. The number of hydrogen-bond acceptors (Lipinski definition) is 9. The van der Waals surface area contributed by atoms with Gasteiger partial charge in [-0.3, -0.25) is 9.20 Å². The molecule has 2 N–H and O–H groups in total. The summed E-state index contributed by atoms with van der Waals surface area (Å²) in [6, 6.07) is 9.47. The van der Waals surface area contributed by atoms with Gasteiger partial charge in [0.2, 0.25) is 11.9 Å². The number of methoxy groups -OCH3 is 2. The number of nitrogens with zero attached hydrogens (tertiary/aromatic N) is 6. The Morgan fingerprint density at radius 1 is 1.00 bits per heavy atom. The largest absolute Gasteiger partial charge is 0.495 e. The van der Waals surface area contributed by atoms with Crippen LogP contribution in [0.1, 0.15) is 12.6 Å². The topological polar surface area (TPSA) is 109 Å². The van der Waals surface area contributed by atoms with E-state index in [4.69, 9.17) is 42.6 Å². The van der Waals surface area contributed by atoms with E-state index in [1.165, 1.54) is 20.3 Å². The summed E-state index contributed by atoms with van der Waals surface area (Å²) in [5.74, 6) is 0.864.